The molecule has 110 valence electrons. The van der Waals surface area contributed by atoms with Crippen LogP contribution in [0.3, 0.4) is 0 Å². The van der Waals surface area contributed by atoms with Crippen molar-refractivity contribution in [3.63, 3.8) is 0 Å². The first kappa shape index (κ1) is 14.3. The highest BCUT2D eigenvalue weighted by Gasteiger charge is 2.24. The van der Waals surface area contributed by atoms with Crippen LogP contribution in [0.25, 0.3) is 11.1 Å². The Morgan fingerprint density at radius 3 is 2.62 bits per heavy atom. The Kier molecular flexibility index (Phi) is 4.09. The molecule has 0 N–H and O–H groups in total. The molecule has 2 aromatic carbocycles. The Hall–Kier alpha value is -1.64. The number of epoxide rings is 1. The summed E-state index contributed by atoms with van der Waals surface area (Å²) in [6, 6.07) is 15.1. The Morgan fingerprint density at radius 2 is 1.90 bits per heavy atom. The Labute approximate surface area is 126 Å². The van der Waals surface area contributed by atoms with Crippen molar-refractivity contribution in [1.29, 1.82) is 0 Å². The van der Waals surface area contributed by atoms with Crippen LogP contribution in [0.5, 0.6) is 0 Å². The van der Waals surface area contributed by atoms with Crippen molar-refractivity contribution >= 4 is 0 Å². The van der Waals surface area contributed by atoms with Gasteiger partial charge in [0.2, 0.25) is 0 Å². The highest BCUT2D eigenvalue weighted by atomic mass is 16.6. The zero-order valence-electron chi connectivity index (χ0n) is 12.9. The van der Waals surface area contributed by atoms with E-state index in [1.54, 1.807) is 0 Å². The lowest BCUT2D eigenvalue weighted by Crippen LogP contribution is -2.07. The van der Waals surface area contributed by atoms with Crippen LogP contribution in [0.15, 0.2) is 42.5 Å². The summed E-state index contributed by atoms with van der Waals surface area (Å²) in [5, 5.41) is 0. The van der Waals surface area contributed by atoms with Gasteiger partial charge in [-0.1, -0.05) is 42.5 Å². The zero-order chi connectivity index (χ0) is 14.8. The van der Waals surface area contributed by atoms with Gasteiger partial charge in [0, 0.05) is 0 Å². The van der Waals surface area contributed by atoms with Gasteiger partial charge in [-0.05, 0) is 48.6 Å². The summed E-state index contributed by atoms with van der Waals surface area (Å²) >= 11 is 0. The van der Waals surface area contributed by atoms with Crippen molar-refractivity contribution in [2.45, 2.75) is 33.0 Å². The van der Waals surface area contributed by atoms with Crippen molar-refractivity contribution in [2.24, 2.45) is 0 Å². The van der Waals surface area contributed by atoms with E-state index < -0.39 is 0 Å². The minimum absolute atomic E-state index is 0.0759. The van der Waals surface area contributed by atoms with E-state index in [4.69, 9.17) is 9.47 Å². The van der Waals surface area contributed by atoms with Gasteiger partial charge in [0.05, 0.1) is 19.3 Å². The van der Waals surface area contributed by atoms with Crippen LogP contribution in [-0.2, 0) is 9.47 Å². The maximum atomic E-state index is 5.94. The lowest BCUT2D eigenvalue weighted by molar-refractivity contribution is 0.0543. The van der Waals surface area contributed by atoms with E-state index >= 15 is 0 Å². The van der Waals surface area contributed by atoms with Crippen LogP contribution < -0.4 is 0 Å². The van der Waals surface area contributed by atoms with Crippen LogP contribution in [0.4, 0.5) is 0 Å². The van der Waals surface area contributed by atoms with Crippen molar-refractivity contribution in [2.75, 3.05) is 13.2 Å². The molecule has 2 heteroatoms. The minimum Gasteiger partial charge on any atom is -0.371 e. The van der Waals surface area contributed by atoms with Gasteiger partial charge in [0.25, 0.3) is 0 Å². The summed E-state index contributed by atoms with van der Waals surface area (Å²) in [5.41, 5.74) is 6.40. The summed E-state index contributed by atoms with van der Waals surface area (Å²) < 4.78 is 11.2. The lowest BCUT2D eigenvalue weighted by atomic mass is 9.94. The quantitative estimate of drug-likeness (QED) is 0.756. The number of rotatable bonds is 5. The fourth-order valence-electron chi connectivity index (χ4n) is 2.53. The molecule has 0 unspecified atom stereocenters. The summed E-state index contributed by atoms with van der Waals surface area (Å²) in [7, 11) is 0. The molecule has 0 saturated carbocycles. The lowest BCUT2D eigenvalue weighted by Gasteiger charge is -2.17. The molecular weight excluding hydrogens is 260 g/mol. The number of benzene rings is 2. The van der Waals surface area contributed by atoms with Crippen molar-refractivity contribution in [3.05, 3.63) is 59.2 Å². The first-order valence-electron chi connectivity index (χ1n) is 7.55. The van der Waals surface area contributed by atoms with E-state index in [1.807, 2.05) is 0 Å². The van der Waals surface area contributed by atoms with Gasteiger partial charge < -0.3 is 9.47 Å². The van der Waals surface area contributed by atoms with Crippen LogP contribution >= 0.6 is 0 Å². The molecule has 2 nitrogen and oxygen atoms in total. The smallest absolute Gasteiger partial charge is 0.104 e. The van der Waals surface area contributed by atoms with Gasteiger partial charge in [-0.15, -0.1) is 0 Å². The van der Waals surface area contributed by atoms with Crippen LogP contribution in [0.1, 0.15) is 29.7 Å². The van der Waals surface area contributed by atoms with Gasteiger partial charge in [0.1, 0.15) is 6.10 Å². The fraction of sp³-hybridized carbons (Fsp3) is 0.368. The van der Waals surface area contributed by atoms with Gasteiger partial charge in [0.15, 0.2) is 0 Å². The fourth-order valence-corrected chi connectivity index (χ4v) is 2.53. The molecule has 0 aromatic heterocycles. The third kappa shape index (κ3) is 3.34. The molecule has 2 aromatic rings. The average Bonchev–Trinajstić information content (AvgIpc) is 3.32. The number of ether oxygens (including phenoxy) is 2. The molecule has 0 aliphatic carbocycles. The van der Waals surface area contributed by atoms with Crippen molar-refractivity contribution in [1.82, 2.24) is 0 Å². The van der Waals surface area contributed by atoms with Gasteiger partial charge in [-0.3, -0.25) is 0 Å². The largest absolute Gasteiger partial charge is 0.371 e. The summed E-state index contributed by atoms with van der Waals surface area (Å²) in [6.45, 7) is 7.94. The predicted octanol–water partition coefficient (Wildman–Crippen LogP) is 4.45. The topological polar surface area (TPSA) is 21.8 Å². The molecule has 0 radical (unpaired) electrons. The Balaban J connectivity index is 1.88. The molecule has 1 fully saturated rings. The highest BCUT2D eigenvalue weighted by molar-refractivity contribution is 5.69. The molecule has 1 saturated heterocycles. The van der Waals surface area contributed by atoms with Gasteiger partial charge >= 0.3 is 0 Å². The maximum Gasteiger partial charge on any atom is 0.104 e. The highest BCUT2D eigenvalue weighted by Crippen LogP contribution is 2.31. The van der Waals surface area contributed by atoms with Gasteiger partial charge in [-0.2, -0.15) is 0 Å². The first-order valence-corrected chi connectivity index (χ1v) is 7.55. The van der Waals surface area contributed by atoms with Crippen molar-refractivity contribution in [3.8, 4) is 11.1 Å². The van der Waals surface area contributed by atoms with E-state index in [9.17, 15) is 0 Å². The normalized spacial score (nSPS) is 18.5. The van der Waals surface area contributed by atoms with Gasteiger partial charge in [-0.25, -0.2) is 0 Å². The molecule has 0 bridgehead atoms. The molecule has 1 aliphatic rings. The molecule has 3 rings (SSSR count). The molecule has 0 amide bonds. The van der Waals surface area contributed by atoms with E-state index in [1.165, 1.54) is 27.8 Å². The molecule has 2 atom stereocenters. The average molecular weight is 282 g/mol. The Morgan fingerprint density at radius 1 is 1.14 bits per heavy atom. The zero-order valence-corrected chi connectivity index (χ0v) is 12.9. The summed E-state index contributed by atoms with van der Waals surface area (Å²) in [6.07, 6.45) is 0.383. The van der Waals surface area contributed by atoms with Crippen LogP contribution in [0.2, 0.25) is 0 Å². The maximum absolute atomic E-state index is 5.94. The number of aryl methyl sites for hydroxylation is 2. The van der Waals surface area contributed by atoms with E-state index in [0.717, 1.165) is 6.61 Å². The summed E-state index contributed by atoms with van der Waals surface area (Å²) in [5.74, 6) is 0. The van der Waals surface area contributed by atoms with E-state index in [2.05, 4.69) is 63.2 Å². The van der Waals surface area contributed by atoms with E-state index in [-0.39, 0.29) is 6.10 Å². The molecular formula is C19H22O2. The van der Waals surface area contributed by atoms with Crippen molar-refractivity contribution < 1.29 is 9.47 Å². The monoisotopic (exact) mass is 282 g/mol. The molecule has 1 aliphatic heterocycles. The Bertz CT molecular complexity index is 629. The summed E-state index contributed by atoms with van der Waals surface area (Å²) in [4.78, 5) is 0. The minimum atomic E-state index is 0.0759. The number of hydrogen-bond acceptors (Lipinski definition) is 2. The van der Waals surface area contributed by atoms with Crippen LogP contribution in [0, 0.1) is 13.8 Å². The second kappa shape index (κ2) is 6.00. The molecule has 21 heavy (non-hydrogen) atoms. The standard InChI is InChI=1S/C19H22O2/c1-13-8-9-16(10-14(13)2)19-7-5-4-6-18(19)15(3)20-11-17-12-21-17/h4-10,15,17H,11-12H2,1-3H3/t15-,17+/m1/s1. The molecule has 0 spiro atoms. The SMILES string of the molecule is Cc1ccc(-c2ccccc2[C@@H](C)OC[C@H]2CO2)cc1C. The first-order chi connectivity index (χ1) is 10.1. The van der Waals surface area contributed by atoms with Crippen LogP contribution in [-0.4, -0.2) is 19.3 Å². The number of hydrogen-bond donors (Lipinski definition) is 0. The second-order valence-electron chi connectivity index (χ2n) is 5.82. The van der Waals surface area contributed by atoms with E-state index in [0.29, 0.717) is 12.7 Å². The third-order valence-corrected chi connectivity index (χ3v) is 4.15. The molecule has 1 heterocycles. The predicted molar refractivity (Wildman–Crippen MR) is 85.5 cm³/mol. The second-order valence-corrected chi connectivity index (χ2v) is 5.82. The third-order valence-electron chi connectivity index (χ3n) is 4.15.